The Morgan fingerprint density at radius 2 is 2.18 bits per heavy atom. The molecular weight excluding hydrogens is 220 g/mol. The third kappa shape index (κ3) is 4.93. The highest BCUT2D eigenvalue weighted by Gasteiger charge is 2.10. The van der Waals surface area contributed by atoms with Crippen molar-refractivity contribution in [3.63, 3.8) is 0 Å². The molecule has 5 heteroatoms. The van der Waals surface area contributed by atoms with Gasteiger partial charge in [0.05, 0.1) is 11.0 Å². The Balaban J connectivity index is 2.56. The van der Waals surface area contributed by atoms with E-state index >= 15 is 0 Å². The Morgan fingerprint density at radius 1 is 1.47 bits per heavy atom. The molecule has 0 saturated heterocycles. The number of nitro groups is 1. The van der Waals surface area contributed by atoms with E-state index in [0.29, 0.717) is 19.0 Å². The predicted octanol–water partition coefficient (Wildman–Crippen LogP) is 1.50. The van der Waals surface area contributed by atoms with Gasteiger partial charge in [0.2, 0.25) is 0 Å². The Kier molecular flexibility index (Phi) is 5.06. The number of benzene rings is 1. The first-order chi connectivity index (χ1) is 7.99. The van der Waals surface area contributed by atoms with Crippen LogP contribution < -0.4 is 5.32 Å². The lowest BCUT2D eigenvalue weighted by Gasteiger charge is -2.13. The molecule has 0 amide bonds. The van der Waals surface area contributed by atoms with Crippen LogP contribution in [0.1, 0.15) is 19.4 Å². The first-order valence-corrected chi connectivity index (χ1v) is 5.64. The zero-order valence-corrected chi connectivity index (χ0v) is 10.1. The third-order valence-electron chi connectivity index (χ3n) is 2.35. The van der Waals surface area contributed by atoms with Crippen molar-refractivity contribution in [1.82, 2.24) is 5.32 Å². The van der Waals surface area contributed by atoms with Crippen molar-refractivity contribution in [2.75, 3.05) is 6.54 Å². The molecule has 0 bridgehead atoms. The van der Waals surface area contributed by atoms with Crippen LogP contribution in [0.2, 0.25) is 0 Å². The van der Waals surface area contributed by atoms with E-state index in [2.05, 4.69) is 5.32 Å². The van der Waals surface area contributed by atoms with Crippen LogP contribution in [-0.2, 0) is 6.42 Å². The monoisotopic (exact) mass is 238 g/mol. The number of aliphatic hydroxyl groups excluding tert-OH is 1. The number of nitrogens with zero attached hydrogens (tertiary/aromatic N) is 1. The summed E-state index contributed by atoms with van der Waals surface area (Å²) in [6, 6.07) is 6.68. The van der Waals surface area contributed by atoms with E-state index < -0.39 is 11.0 Å². The molecule has 5 nitrogen and oxygen atoms in total. The summed E-state index contributed by atoms with van der Waals surface area (Å²) < 4.78 is 0. The summed E-state index contributed by atoms with van der Waals surface area (Å²) in [7, 11) is 0. The van der Waals surface area contributed by atoms with Crippen LogP contribution in [0.25, 0.3) is 0 Å². The molecule has 1 atom stereocenters. The van der Waals surface area contributed by atoms with Gasteiger partial charge in [-0.25, -0.2) is 0 Å². The second-order valence-corrected chi connectivity index (χ2v) is 4.35. The summed E-state index contributed by atoms with van der Waals surface area (Å²) in [6.07, 6.45) is -0.110. The number of hydrogen-bond acceptors (Lipinski definition) is 4. The average molecular weight is 238 g/mol. The van der Waals surface area contributed by atoms with E-state index in [1.54, 1.807) is 12.1 Å². The summed E-state index contributed by atoms with van der Waals surface area (Å²) in [4.78, 5) is 10.2. The van der Waals surface area contributed by atoms with Crippen molar-refractivity contribution < 1.29 is 10.0 Å². The van der Waals surface area contributed by atoms with E-state index in [1.807, 2.05) is 13.8 Å². The SMILES string of the molecule is CC(C)NCC(O)Cc1cccc([N+](=O)[O-])c1. The van der Waals surface area contributed by atoms with Crippen LogP contribution in [0.4, 0.5) is 5.69 Å². The number of rotatable bonds is 6. The Bertz CT molecular complexity index is 380. The van der Waals surface area contributed by atoms with Gasteiger partial charge in [-0.2, -0.15) is 0 Å². The van der Waals surface area contributed by atoms with E-state index in [4.69, 9.17) is 0 Å². The minimum atomic E-state index is -0.528. The Morgan fingerprint density at radius 3 is 2.76 bits per heavy atom. The largest absolute Gasteiger partial charge is 0.391 e. The fraction of sp³-hybridized carbons (Fsp3) is 0.500. The smallest absolute Gasteiger partial charge is 0.269 e. The molecule has 0 radical (unpaired) electrons. The van der Waals surface area contributed by atoms with Gasteiger partial charge in [-0.05, 0) is 12.0 Å². The molecule has 0 aromatic heterocycles. The quantitative estimate of drug-likeness (QED) is 0.581. The van der Waals surface area contributed by atoms with Crippen LogP contribution in [0.5, 0.6) is 0 Å². The van der Waals surface area contributed by atoms with Gasteiger partial charge in [0, 0.05) is 24.7 Å². The van der Waals surface area contributed by atoms with Gasteiger partial charge >= 0.3 is 0 Å². The minimum absolute atomic E-state index is 0.0616. The van der Waals surface area contributed by atoms with Gasteiger partial charge in [0.25, 0.3) is 5.69 Å². The van der Waals surface area contributed by atoms with Gasteiger partial charge in [-0.3, -0.25) is 10.1 Å². The number of aliphatic hydroxyl groups is 1. The van der Waals surface area contributed by atoms with Crippen molar-refractivity contribution >= 4 is 5.69 Å². The van der Waals surface area contributed by atoms with Crippen molar-refractivity contribution in [2.45, 2.75) is 32.4 Å². The molecule has 0 aliphatic heterocycles. The Labute approximate surface area is 101 Å². The highest BCUT2D eigenvalue weighted by molar-refractivity contribution is 5.34. The lowest BCUT2D eigenvalue weighted by atomic mass is 10.1. The lowest BCUT2D eigenvalue weighted by molar-refractivity contribution is -0.384. The summed E-state index contributed by atoms with van der Waals surface area (Å²) in [5.74, 6) is 0. The van der Waals surface area contributed by atoms with Crippen LogP contribution in [0, 0.1) is 10.1 Å². The summed E-state index contributed by atoms with van der Waals surface area (Å²) >= 11 is 0. The Hall–Kier alpha value is -1.46. The number of nitro benzene ring substituents is 1. The first-order valence-electron chi connectivity index (χ1n) is 5.64. The van der Waals surface area contributed by atoms with Gasteiger partial charge in [0.1, 0.15) is 0 Å². The maximum Gasteiger partial charge on any atom is 0.269 e. The lowest BCUT2D eigenvalue weighted by Crippen LogP contribution is -2.33. The second kappa shape index (κ2) is 6.32. The molecule has 1 aromatic rings. The molecule has 0 heterocycles. The van der Waals surface area contributed by atoms with Crippen LogP contribution in [-0.4, -0.2) is 28.7 Å². The molecule has 94 valence electrons. The molecule has 0 spiro atoms. The van der Waals surface area contributed by atoms with Crippen LogP contribution in [0.15, 0.2) is 24.3 Å². The van der Waals surface area contributed by atoms with Crippen molar-refractivity contribution in [2.24, 2.45) is 0 Å². The van der Waals surface area contributed by atoms with E-state index in [9.17, 15) is 15.2 Å². The van der Waals surface area contributed by atoms with Gasteiger partial charge in [-0.15, -0.1) is 0 Å². The summed E-state index contributed by atoms with van der Waals surface area (Å²) in [5.41, 5.74) is 0.837. The predicted molar refractivity (Wildman–Crippen MR) is 65.9 cm³/mol. The summed E-state index contributed by atoms with van der Waals surface area (Å²) in [6.45, 7) is 4.49. The molecule has 2 N–H and O–H groups in total. The number of nitrogens with one attached hydrogen (secondary N) is 1. The van der Waals surface area contributed by atoms with Crippen molar-refractivity contribution in [3.8, 4) is 0 Å². The van der Waals surface area contributed by atoms with E-state index in [-0.39, 0.29) is 5.69 Å². The molecule has 1 unspecified atom stereocenters. The number of hydrogen-bond donors (Lipinski definition) is 2. The zero-order valence-electron chi connectivity index (χ0n) is 10.1. The van der Waals surface area contributed by atoms with Crippen LogP contribution >= 0.6 is 0 Å². The standard InChI is InChI=1S/C12H18N2O3/c1-9(2)13-8-12(15)7-10-4-3-5-11(6-10)14(16)17/h3-6,9,12-13,15H,7-8H2,1-2H3. The maximum absolute atomic E-state index is 10.6. The normalized spacial score (nSPS) is 12.7. The van der Waals surface area contributed by atoms with E-state index in [1.165, 1.54) is 12.1 Å². The minimum Gasteiger partial charge on any atom is -0.391 e. The fourth-order valence-electron chi connectivity index (χ4n) is 1.51. The fourth-order valence-corrected chi connectivity index (χ4v) is 1.51. The highest BCUT2D eigenvalue weighted by Crippen LogP contribution is 2.14. The maximum atomic E-state index is 10.6. The third-order valence-corrected chi connectivity index (χ3v) is 2.35. The molecular formula is C12H18N2O3. The molecule has 0 fully saturated rings. The van der Waals surface area contributed by atoms with Gasteiger partial charge in [0.15, 0.2) is 0 Å². The molecule has 0 aliphatic rings. The van der Waals surface area contributed by atoms with Crippen molar-refractivity contribution in [3.05, 3.63) is 39.9 Å². The highest BCUT2D eigenvalue weighted by atomic mass is 16.6. The first kappa shape index (κ1) is 13.6. The van der Waals surface area contributed by atoms with Crippen LogP contribution in [0.3, 0.4) is 0 Å². The molecule has 17 heavy (non-hydrogen) atoms. The molecule has 1 aromatic carbocycles. The molecule has 1 rings (SSSR count). The summed E-state index contributed by atoms with van der Waals surface area (Å²) in [5, 5.41) is 23.5. The average Bonchev–Trinajstić information content (AvgIpc) is 2.26. The molecule has 0 saturated carbocycles. The molecule has 0 aliphatic carbocycles. The van der Waals surface area contributed by atoms with Gasteiger partial charge in [-0.1, -0.05) is 26.0 Å². The second-order valence-electron chi connectivity index (χ2n) is 4.35. The zero-order chi connectivity index (χ0) is 12.8. The number of non-ortho nitro benzene ring substituents is 1. The van der Waals surface area contributed by atoms with E-state index in [0.717, 1.165) is 5.56 Å². The van der Waals surface area contributed by atoms with Crippen molar-refractivity contribution in [1.29, 1.82) is 0 Å². The topological polar surface area (TPSA) is 75.4 Å². The van der Waals surface area contributed by atoms with Gasteiger partial charge < -0.3 is 10.4 Å².